The first kappa shape index (κ1) is 41.4. The van der Waals surface area contributed by atoms with Gasteiger partial charge in [-0.15, -0.1) is 0 Å². The van der Waals surface area contributed by atoms with Gasteiger partial charge in [-0.3, -0.25) is 9.59 Å². The van der Waals surface area contributed by atoms with Crippen LogP contribution in [0.4, 0.5) is 0 Å². The Morgan fingerprint density at radius 1 is 0.806 bits per heavy atom. The Labute approximate surface area is 367 Å². The molecule has 2 aliphatic heterocycles. The molecule has 2 aliphatic rings. The van der Waals surface area contributed by atoms with E-state index in [2.05, 4.69) is 17.5 Å². The lowest BCUT2D eigenvalue weighted by Gasteiger charge is -2.38. The molecule has 0 aromatic heterocycles. The van der Waals surface area contributed by atoms with Gasteiger partial charge in [0.25, 0.3) is 5.91 Å². The third-order valence-electron chi connectivity index (χ3n) is 10.9. The lowest BCUT2D eigenvalue weighted by Crippen LogP contribution is -2.56. The molecule has 0 aliphatic carbocycles. The summed E-state index contributed by atoms with van der Waals surface area (Å²) in [7, 11) is 0. The standard InChI is InChI=1S/C49H36Cl2N4O7/c50-40-18-9-31(19-41(40)51)27-60-38-16-14-34(15-17-38)46-28-61-44-22-36-21-43(55(26-37(36)23-45(44)62-46)48(57)39-4-2-1-3-35(39)25-53)47(56)54-42(49(58)59)20-29-5-10-32(11-6-29)33-12-7-30(24-52)8-13-33/h1-19,22-23,42-43,46H,20-21,26-28H2,(H,54,56)(H,58,59)/t42?,43-,46+/m0/s1. The quantitative estimate of drug-likeness (QED) is 0.130. The topological polar surface area (TPSA) is 162 Å². The molecule has 308 valence electrons. The molecule has 2 heterocycles. The van der Waals surface area contributed by atoms with Crippen LogP contribution in [-0.4, -0.2) is 46.5 Å². The van der Waals surface area contributed by atoms with Gasteiger partial charge in [0.15, 0.2) is 17.6 Å². The van der Waals surface area contributed by atoms with Crippen molar-refractivity contribution in [2.24, 2.45) is 0 Å². The molecule has 0 fully saturated rings. The maximum atomic E-state index is 14.3. The Bertz CT molecular complexity index is 2770. The molecule has 1 unspecified atom stereocenters. The number of ether oxygens (including phenoxy) is 3. The van der Waals surface area contributed by atoms with Crippen LogP contribution in [0.15, 0.2) is 127 Å². The molecule has 8 rings (SSSR count). The van der Waals surface area contributed by atoms with Gasteiger partial charge >= 0.3 is 5.97 Å². The summed E-state index contributed by atoms with van der Waals surface area (Å²) in [6.07, 6.45) is -0.415. The van der Waals surface area contributed by atoms with E-state index in [0.29, 0.717) is 50.6 Å². The van der Waals surface area contributed by atoms with Gasteiger partial charge in [0.2, 0.25) is 5.91 Å². The van der Waals surface area contributed by atoms with E-state index in [-0.39, 0.29) is 37.1 Å². The highest BCUT2D eigenvalue weighted by Gasteiger charge is 2.39. The normalized spacial score (nSPS) is 15.6. The van der Waals surface area contributed by atoms with Gasteiger partial charge < -0.3 is 29.5 Å². The third kappa shape index (κ3) is 9.05. The van der Waals surface area contributed by atoms with E-state index in [9.17, 15) is 24.8 Å². The molecule has 6 aromatic rings. The Morgan fingerprint density at radius 2 is 1.50 bits per heavy atom. The minimum atomic E-state index is -1.31. The maximum absolute atomic E-state index is 14.3. The van der Waals surface area contributed by atoms with Crippen LogP contribution < -0.4 is 19.5 Å². The average molecular weight is 864 g/mol. The number of carbonyl (C=O) groups excluding carboxylic acids is 2. The zero-order valence-electron chi connectivity index (χ0n) is 32.9. The second-order valence-electron chi connectivity index (χ2n) is 14.9. The molecule has 0 radical (unpaired) electrons. The van der Waals surface area contributed by atoms with Gasteiger partial charge in [0, 0.05) is 19.4 Å². The fourth-order valence-electron chi connectivity index (χ4n) is 7.53. The first-order valence-electron chi connectivity index (χ1n) is 19.6. The summed E-state index contributed by atoms with van der Waals surface area (Å²) >= 11 is 12.2. The van der Waals surface area contributed by atoms with E-state index < -0.39 is 36.0 Å². The molecule has 0 spiro atoms. The second-order valence-corrected chi connectivity index (χ2v) is 15.7. The van der Waals surface area contributed by atoms with Crippen molar-refractivity contribution >= 4 is 41.0 Å². The first-order chi connectivity index (χ1) is 30.1. The number of benzene rings is 6. The highest BCUT2D eigenvalue weighted by molar-refractivity contribution is 6.42. The summed E-state index contributed by atoms with van der Waals surface area (Å²) < 4.78 is 18.6. The largest absolute Gasteiger partial charge is 0.489 e. The summed E-state index contributed by atoms with van der Waals surface area (Å²) in [5.74, 6) is -0.853. The Morgan fingerprint density at radius 3 is 2.19 bits per heavy atom. The van der Waals surface area contributed by atoms with Crippen LogP contribution in [0, 0.1) is 22.7 Å². The number of halogens is 2. The summed E-state index contributed by atoms with van der Waals surface area (Å²) in [4.78, 5) is 42.5. The first-order valence-corrected chi connectivity index (χ1v) is 20.4. The molecular weight excluding hydrogens is 827 g/mol. The van der Waals surface area contributed by atoms with E-state index in [1.807, 2.05) is 54.6 Å². The predicted molar refractivity (Wildman–Crippen MR) is 231 cm³/mol. The molecule has 62 heavy (non-hydrogen) atoms. The SMILES string of the molecule is N#Cc1ccc(-c2ccc(CC(NC(=O)[C@@H]3Cc4cc5c(cc4CN3C(=O)c3ccccc3C#N)O[C@@H](c3ccc(OCc4ccc(Cl)c(Cl)c4)cc3)CO5)C(=O)O)cc2)cc1. The predicted octanol–water partition coefficient (Wildman–Crippen LogP) is 8.87. The van der Waals surface area contributed by atoms with Gasteiger partial charge in [-0.05, 0) is 99.6 Å². The molecule has 0 bridgehead atoms. The Balaban J connectivity index is 0.998. The number of hydrogen-bond acceptors (Lipinski definition) is 8. The number of hydrogen-bond donors (Lipinski definition) is 2. The Kier molecular flexibility index (Phi) is 12.1. The van der Waals surface area contributed by atoms with Crippen LogP contribution in [0.1, 0.15) is 55.4 Å². The molecule has 2 amide bonds. The highest BCUT2D eigenvalue weighted by Crippen LogP contribution is 2.41. The maximum Gasteiger partial charge on any atom is 0.326 e. The number of carbonyl (C=O) groups is 3. The summed E-state index contributed by atoms with van der Waals surface area (Å²) in [5.41, 5.74) is 6.43. The molecule has 3 atom stereocenters. The van der Waals surface area contributed by atoms with E-state index in [1.165, 1.54) is 17.0 Å². The number of nitrogens with one attached hydrogen (secondary N) is 1. The Hall–Kier alpha value is -7.31. The zero-order valence-corrected chi connectivity index (χ0v) is 34.4. The number of rotatable bonds is 11. The summed E-state index contributed by atoms with van der Waals surface area (Å²) in [5, 5.41) is 32.9. The minimum absolute atomic E-state index is 0.0163. The number of carboxylic acid groups (broad SMARTS) is 1. The molecule has 0 saturated carbocycles. The fraction of sp³-hybridized carbons (Fsp3) is 0.163. The lowest BCUT2D eigenvalue weighted by molar-refractivity contribution is -0.142. The van der Waals surface area contributed by atoms with E-state index in [0.717, 1.165) is 27.8 Å². The molecular formula is C49H36Cl2N4O7. The van der Waals surface area contributed by atoms with Crippen molar-refractivity contribution in [1.29, 1.82) is 10.5 Å². The fourth-order valence-corrected chi connectivity index (χ4v) is 7.85. The van der Waals surface area contributed by atoms with E-state index in [4.69, 9.17) is 42.7 Å². The van der Waals surface area contributed by atoms with Crippen LogP contribution in [0.3, 0.4) is 0 Å². The zero-order chi connectivity index (χ0) is 43.3. The van der Waals surface area contributed by atoms with Crippen molar-refractivity contribution in [3.8, 4) is 40.5 Å². The second kappa shape index (κ2) is 18.1. The van der Waals surface area contributed by atoms with Gasteiger partial charge in [0.1, 0.15) is 31.0 Å². The molecule has 2 N–H and O–H groups in total. The van der Waals surface area contributed by atoms with Gasteiger partial charge in [-0.25, -0.2) is 4.79 Å². The van der Waals surface area contributed by atoms with Gasteiger partial charge in [-0.1, -0.05) is 89.9 Å². The van der Waals surface area contributed by atoms with Crippen molar-refractivity contribution in [3.05, 3.63) is 182 Å². The average Bonchev–Trinajstić information content (AvgIpc) is 3.30. The van der Waals surface area contributed by atoms with Crippen LogP contribution in [0.2, 0.25) is 10.0 Å². The van der Waals surface area contributed by atoms with E-state index in [1.54, 1.807) is 60.7 Å². The smallest absolute Gasteiger partial charge is 0.326 e. The van der Waals surface area contributed by atoms with Crippen LogP contribution in [0.5, 0.6) is 17.2 Å². The summed E-state index contributed by atoms with van der Waals surface area (Å²) in [6, 6.07) is 38.9. The van der Waals surface area contributed by atoms with Crippen LogP contribution >= 0.6 is 23.2 Å². The molecule has 0 saturated heterocycles. The third-order valence-corrected chi connectivity index (χ3v) is 11.6. The number of fused-ring (bicyclic) bond motifs is 2. The number of nitriles is 2. The van der Waals surface area contributed by atoms with Gasteiger partial charge in [-0.2, -0.15) is 10.5 Å². The highest BCUT2D eigenvalue weighted by atomic mass is 35.5. The van der Waals surface area contributed by atoms with Crippen molar-refractivity contribution in [1.82, 2.24) is 10.2 Å². The van der Waals surface area contributed by atoms with Gasteiger partial charge in [0.05, 0.1) is 38.9 Å². The van der Waals surface area contributed by atoms with Crippen molar-refractivity contribution < 1.29 is 33.7 Å². The molecule has 11 nitrogen and oxygen atoms in total. The number of amides is 2. The van der Waals surface area contributed by atoms with Crippen LogP contribution in [-0.2, 0) is 35.6 Å². The molecule has 13 heteroatoms. The monoisotopic (exact) mass is 862 g/mol. The number of carboxylic acids is 1. The van der Waals surface area contributed by atoms with E-state index >= 15 is 0 Å². The number of nitrogens with zero attached hydrogens (tertiary/aromatic N) is 3. The molecule has 6 aromatic carbocycles. The lowest BCUT2D eigenvalue weighted by atomic mass is 9.91. The number of aliphatic carboxylic acids is 1. The minimum Gasteiger partial charge on any atom is -0.489 e. The van der Waals surface area contributed by atoms with Crippen LogP contribution in [0.25, 0.3) is 11.1 Å². The van der Waals surface area contributed by atoms with Crippen molar-refractivity contribution in [2.75, 3.05) is 6.61 Å². The van der Waals surface area contributed by atoms with Crippen molar-refractivity contribution in [2.45, 2.75) is 44.2 Å². The van der Waals surface area contributed by atoms with Crippen molar-refractivity contribution in [3.63, 3.8) is 0 Å². The summed E-state index contributed by atoms with van der Waals surface area (Å²) in [6.45, 7) is 0.496.